The second-order valence-electron chi connectivity index (χ2n) is 1.04. The van der Waals surface area contributed by atoms with Gasteiger partial charge in [0.05, 0.1) is 0 Å². The minimum absolute atomic E-state index is 0.499. The summed E-state index contributed by atoms with van der Waals surface area (Å²) in [5.41, 5.74) is 0. The van der Waals surface area contributed by atoms with Crippen LogP contribution in [0.4, 0.5) is 13.7 Å². The molecule has 0 aromatic heterocycles. The van der Waals surface area contributed by atoms with Gasteiger partial charge < -0.3 is 8.17 Å². The number of aliphatic hydroxyl groups excluding tert-OH is 1. The third-order valence-electron chi connectivity index (χ3n) is 0.497. The summed E-state index contributed by atoms with van der Waals surface area (Å²) >= 11 is 1.07. The normalized spacial score (nSPS) is 10.9. The number of carbonyl (C=O) groups excluding carboxylic acids is 1. The largest absolute Gasteiger partial charge is 0.491 e. The molecule has 10 heavy (non-hydrogen) atoms. The Hall–Kier alpha value is -0.600. The fourth-order valence-electron chi connectivity index (χ4n) is 0.154. The molecule has 0 atom stereocenters. The molecule has 0 spiro atoms. The van der Waals surface area contributed by atoms with Gasteiger partial charge in [0.15, 0.2) is 23.0 Å². The van der Waals surface area contributed by atoms with Gasteiger partial charge in [0.1, 0.15) is 0 Å². The number of amides is 1. The van der Waals surface area contributed by atoms with E-state index in [4.69, 9.17) is 5.11 Å². The summed E-state index contributed by atoms with van der Waals surface area (Å²) in [5.74, 6) is -1.58. The first-order valence-electron chi connectivity index (χ1n) is 1.84. The molecule has 0 bridgehead atoms. The molecule has 0 aliphatic heterocycles. The molecule has 0 aliphatic rings. The maximum absolute atomic E-state index is 12.0. The standard InChI is InChI=1S/C3HF2INO3/c4-1-2(8)7(5)3(9)10-6/h8H. The molecule has 0 rings (SSSR count). The minimum Gasteiger partial charge on any atom is -0.491 e. The van der Waals surface area contributed by atoms with Crippen molar-refractivity contribution in [1.82, 2.24) is 5.12 Å². The molecular formula is C3HF2INO3. The van der Waals surface area contributed by atoms with Gasteiger partial charge in [0.25, 0.3) is 5.88 Å². The molecule has 1 radical (unpaired) electrons. The zero-order chi connectivity index (χ0) is 8.15. The maximum atomic E-state index is 12.0. The summed E-state index contributed by atoms with van der Waals surface area (Å²) in [7, 11) is 0. The van der Waals surface area contributed by atoms with Crippen LogP contribution in [0.2, 0.25) is 0 Å². The van der Waals surface area contributed by atoms with Crippen molar-refractivity contribution in [1.29, 1.82) is 0 Å². The Morgan fingerprint density at radius 1 is 1.80 bits per heavy atom. The van der Waals surface area contributed by atoms with E-state index in [9.17, 15) is 13.7 Å². The van der Waals surface area contributed by atoms with Crippen molar-refractivity contribution < 1.29 is 21.8 Å². The summed E-state index contributed by atoms with van der Waals surface area (Å²) in [4.78, 5) is 10.0. The van der Waals surface area contributed by atoms with Gasteiger partial charge in [0.2, 0.25) is 6.33 Å². The summed E-state index contributed by atoms with van der Waals surface area (Å²) in [5, 5.41) is 7.17. The number of halogens is 3. The average Bonchev–Trinajstić information content (AvgIpc) is 2.00. The second-order valence-corrected chi connectivity index (χ2v) is 1.48. The number of rotatable bonds is 1. The van der Waals surface area contributed by atoms with E-state index in [1.807, 2.05) is 0 Å². The molecule has 0 fully saturated rings. The van der Waals surface area contributed by atoms with Crippen molar-refractivity contribution in [2.24, 2.45) is 0 Å². The lowest BCUT2D eigenvalue weighted by molar-refractivity contribution is 0.0288. The first-order chi connectivity index (χ1) is 4.63. The van der Waals surface area contributed by atoms with Crippen LogP contribution in [0, 0.1) is 6.33 Å². The zero-order valence-corrected chi connectivity index (χ0v) is 6.50. The van der Waals surface area contributed by atoms with Crippen LogP contribution in [0.1, 0.15) is 0 Å². The predicted octanol–water partition coefficient (Wildman–Crippen LogP) is 1.79. The smallest absolute Gasteiger partial charge is 0.455 e. The monoisotopic (exact) mass is 264 g/mol. The highest BCUT2D eigenvalue weighted by Crippen LogP contribution is 2.05. The molecule has 0 heterocycles. The fourth-order valence-corrected chi connectivity index (χ4v) is 0.327. The summed E-state index contributed by atoms with van der Waals surface area (Å²) in [6, 6.07) is 0. The third-order valence-corrected chi connectivity index (χ3v) is 0.874. The molecule has 1 N–H and O–H groups in total. The van der Waals surface area contributed by atoms with Gasteiger partial charge in [-0.25, -0.2) is 4.79 Å². The molecule has 0 unspecified atom stereocenters. The first-order valence-corrected chi connectivity index (χ1v) is 2.72. The van der Waals surface area contributed by atoms with Crippen LogP contribution in [-0.2, 0) is 3.07 Å². The molecule has 0 aromatic rings. The van der Waals surface area contributed by atoms with Crippen LogP contribution in [0.5, 0.6) is 0 Å². The van der Waals surface area contributed by atoms with Crippen molar-refractivity contribution in [3.8, 4) is 0 Å². The predicted molar refractivity (Wildman–Crippen MR) is 33.9 cm³/mol. The molecular weight excluding hydrogens is 263 g/mol. The van der Waals surface area contributed by atoms with Crippen LogP contribution >= 0.6 is 23.0 Å². The van der Waals surface area contributed by atoms with Crippen molar-refractivity contribution in [3.63, 3.8) is 0 Å². The highest BCUT2D eigenvalue weighted by Gasteiger charge is 2.18. The van der Waals surface area contributed by atoms with Gasteiger partial charge in [-0.05, 0) is 0 Å². The maximum Gasteiger partial charge on any atom is 0.455 e. The van der Waals surface area contributed by atoms with E-state index in [-0.39, 0.29) is 0 Å². The Balaban J connectivity index is 4.08. The van der Waals surface area contributed by atoms with E-state index >= 15 is 0 Å². The van der Waals surface area contributed by atoms with Gasteiger partial charge in [-0.15, -0.1) is 0 Å². The van der Waals surface area contributed by atoms with Crippen LogP contribution in [0.3, 0.4) is 0 Å². The lowest BCUT2D eigenvalue weighted by atomic mass is 10.8. The van der Waals surface area contributed by atoms with E-state index in [0.29, 0.717) is 6.33 Å². The van der Waals surface area contributed by atoms with Crippen molar-refractivity contribution in [2.75, 3.05) is 0 Å². The number of hydrogen-bond donors (Lipinski definition) is 1. The zero-order valence-electron chi connectivity index (χ0n) is 4.34. The Bertz CT molecular complexity index is 162. The topological polar surface area (TPSA) is 49.8 Å². The van der Waals surface area contributed by atoms with Gasteiger partial charge >= 0.3 is 6.09 Å². The average molecular weight is 264 g/mol. The minimum atomic E-state index is -1.58. The van der Waals surface area contributed by atoms with Crippen molar-refractivity contribution in [2.45, 2.75) is 0 Å². The Kier molecular flexibility index (Phi) is 4.00. The molecule has 57 valence electrons. The number of aliphatic hydroxyl groups is 1. The Labute approximate surface area is 68.7 Å². The van der Waals surface area contributed by atoms with E-state index in [2.05, 4.69) is 3.07 Å². The number of carbonyl (C=O) groups is 1. The van der Waals surface area contributed by atoms with E-state index < -0.39 is 17.1 Å². The van der Waals surface area contributed by atoms with E-state index in [1.165, 1.54) is 0 Å². The molecule has 4 nitrogen and oxygen atoms in total. The highest BCUT2D eigenvalue weighted by molar-refractivity contribution is 14.1. The van der Waals surface area contributed by atoms with Crippen LogP contribution in [0.15, 0.2) is 5.88 Å². The van der Waals surface area contributed by atoms with Crippen LogP contribution < -0.4 is 0 Å². The Morgan fingerprint density at radius 2 is 2.30 bits per heavy atom. The quantitative estimate of drug-likeness (QED) is 0.446. The molecule has 0 saturated carbocycles. The molecule has 1 amide bonds. The first kappa shape index (κ1) is 9.40. The summed E-state index contributed by atoms with van der Waals surface area (Å²) < 4.78 is 26.8. The van der Waals surface area contributed by atoms with Crippen molar-refractivity contribution in [3.05, 3.63) is 12.2 Å². The van der Waals surface area contributed by atoms with Gasteiger partial charge in [-0.3, -0.25) is 0 Å². The van der Waals surface area contributed by atoms with Crippen molar-refractivity contribution >= 4 is 29.1 Å². The van der Waals surface area contributed by atoms with Crippen LogP contribution in [-0.4, -0.2) is 16.3 Å². The fraction of sp³-hybridized carbons (Fsp3) is 0. The summed E-state index contributed by atoms with van der Waals surface area (Å²) in [6.45, 7) is 0. The summed E-state index contributed by atoms with van der Waals surface area (Å²) in [6.07, 6.45) is -1.04. The SMILES string of the molecule is O=C(OI)N(F)/C(O)=[C]/F. The number of hydrogen-bond acceptors (Lipinski definition) is 3. The van der Waals surface area contributed by atoms with Gasteiger partial charge in [0, 0.05) is 0 Å². The second kappa shape index (κ2) is 4.25. The molecule has 7 heteroatoms. The highest BCUT2D eigenvalue weighted by atomic mass is 127. The molecule has 0 aromatic carbocycles. The van der Waals surface area contributed by atoms with E-state index in [1.54, 1.807) is 0 Å². The van der Waals surface area contributed by atoms with Gasteiger partial charge in [-0.2, -0.15) is 4.39 Å². The van der Waals surface area contributed by atoms with Gasteiger partial charge in [-0.1, -0.05) is 9.60 Å². The third kappa shape index (κ3) is 2.33. The lowest BCUT2D eigenvalue weighted by Crippen LogP contribution is -2.19. The Morgan fingerprint density at radius 3 is 2.60 bits per heavy atom. The molecule has 0 saturated heterocycles. The molecule has 0 aliphatic carbocycles. The lowest BCUT2D eigenvalue weighted by Gasteiger charge is -2.03. The number of nitrogens with zero attached hydrogens (tertiary/aromatic N) is 1. The van der Waals surface area contributed by atoms with Crippen LogP contribution in [0.25, 0.3) is 0 Å². The van der Waals surface area contributed by atoms with E-state index in [0.717, 1.165) is 23.0 Å².